The molecule has 4 unspecified atom stereocenters. The maximum Gasteiger partial charge on any atom is 0.235 e. The molecule has 1 aliphatic rings. The van der Waals surface area contributed by atoms with Crippen LogP contribution in [0.25, 0.3) is 0 Å². The average Bonchev–Trinajstić information content (AvgIpc) is 2.92. The van der Waals surface area contributed by atoms with Crippen molar-refractivity contribution in [2.75, 3.05) is 17.2 Å². The topological polar surface area (TPSA) is 105 Å². The summed E-state index contributed by atoms with van der Waals surface area (Å²) < 4.78 is 5.90. The van der Waals surface area contributed by atoms with Gasteiger partial charge in [0.25, 0.3) is 0 Å². The van der Waals surface area contributed by atoms with Crippen molar-refractivity contribution in [2.45, 2.75) is 72.8 Å². The van der Waals surface area contributed by atoms with Gasteiger partial charge in [-0.15, -0.1) is 0 Å². The van der Waals surface area contributed by atoms with E-state index in [0.29, 0.717) is 35.2 Å². The van der Waals surface area contributed by atoms with Gasteiger partial charge in [0.2, 0.25) is 11.8 Å². The Labute approximate surface area is 255 Å². The molecule has 1 saturated carbocycles. The highest BCUT2D eigenvalue weighted by Crippen LogP contribution is 2.47. The van der Waals surface area contributed by atoms with E-state index in [4.69, 9.17) is 4.74 Å². The maximum atomic E-state index is 14.1. The van der Waals surface area contributed by atoms with Gasteiger partial charge in [0.15, 0.2) is 0 Å². The van der Waals surface area contributed by atoms with Gasteiger partial charge in [0.1, 0.15) is 17.5 Å². The largest absolute Gasteiger partial charge is 0.494 e. The fourth-order valence-electron chi connectivity index (χ4n) is 5.85. The van der Waals surface area contributed by atoms with Gasteiger partial charge in [-0.05, 0) is 99.0 Å². The van der Waals surface area contributed by atoms with Crippen molar-refractivity contribution in [1.82, 2.24) is 0 Å². The van der Waals surface area contributed by atoms with E-state index in [1.807, 2.05) is 64.1 Å². The molecule has 0 saturated heterocycles. The lowest BCUT2D eigenvalue weighted by atomic mass is 9.61. The second-order valence-electron chi connectivity index (χ2n) is 12.7. The molecule has 7 heteroatoms. The Hall–Kier alpha value is -3.97. The molecule has 43 heavy (non-hydrogen) atoms. The summed E-state index contributed by atoms with van der Waals surface area (Å²) in [5, 5.41) is 17.6. The molecule has 3 N–H and O–H groups in total. The van der Waals surface area contributed by atoms with Crippen molar-refractivity contribution in [3.05, 3.63) is 88.5 Å². The SMILES string of the molecule is Cc1ccc(C)c(NC(=O)C2C(=O)CC(C)(O)C(C(=O)Nc3cc(C)ccc3C)C2c2ccc(OCCC(C)C)cc2)c1. The number of Topliss-reactive ketones (excluding diaryl/α,β-unsaturated/α-hetero) is 1. The summed E-state index contributed by atoms with van der Waals surface area (Å²) in [6.07, 6.45) is 0.582. The number of benzene rings is 3. The van der Waals surface area contributed by atoms with E-state index in [-0.39, 0.29) is 6.42 Å². The molecule has 1 aliphatic carbocycles. The molecule has 4 rings (SSSR count). The van der Waals surface area contributed by atoms with Crippen molar-refractivity contribution in [2.24, 2.45) is 17.8 Å². The zero-order valence-electron chi connectivity index (χ0n) is 26.3. The molecular formula is C36H44N2O5. The first-order valence-electron chi connectivity index (χ1n) is 15.0. The number of carbonyl (C=O) groups is 3. The van der Waals surface area contributed by atoms with Crippen LogP contribution in [0.1, 0.15) is 67.3 Å². The van der Waals surface area contributed by atoms with E-state index in [1.54, 1.807) is 24.3 Å². The predicted molar refractivity (Wildman–Crippen MR) is 170 cm³/mol. The third-order valence-corrected chi connectivity index (χ3v) is 8.36. The standard InChI is InChI=1S/C36H44N2O5/c1-21(2)16-17-43-27-14-12-26(13-15-27)31-32(34(40)37-28-18-22(3)8-10-24(28)5)30(39)20-36(7,42)33(31)35(41)38-29-19-23(4)9-11-25(29)6/h8-15,18-19,21,31-33,42H,16-17,20H2,1-7H3,(H,37,40)(H,38,41). The van der Waals surface area contributed by atoms with Crippen LogP contribution in [-0.2, 0) is 14.4 Å². The van der Waals surface area contributed by atoms with Crippen LogP contribution in [0.4, 0.5) is 11.4 Å². The van der Waals surface area contributed by atoms with E-state index in [0.717, 1.165) is 28.7 Å². The van der Waals surface area contributed by atoms with Crippen LogP contribution in [0.3, 0.4) is 0 Å². The number of ketones is 1. The zero-order chi connectivity index (χ0) is 31.5. The van der Waals surface area contributed by atoms with E-state index in [9.17, 15) is 19.5 Å². The van der Waals surface area contributed by atoms with Crippen LogP contribution < -0.4 is 15.4 Å². The quantitative estimate of drug-likeness (QED) is 0.244. The summed E-state index contributed by atoms with van der Waals surface area (Å²) in [4.78, 5) is 41.8. The molecule has 0 heterocycles. The lowest BCUT2D eigenvalue weighted by Crippen LogP contribution is -2.56. The molecule has 1 fully saturated rings. The van der Waals surface area contributed by atoms with Crippen molar-refractivity contribution in [3.63, 3.8) is 0 Å². The fourth-order valence-corrected chi connectivity index (χ4v) is 5.85. The van der Waals surface area contributed by atoms with Gasteiger partial charge in [-0.1, -0.05) is 50.2 Å². The monoisotopic (exact) mass is 584 g/mol. The Morgan fingerprint density at radius 3 is 1.95 bits per heavy atom. The van der Waals surface area contributed by atoms with Crippen LogP contribution in [0.15, 0.2) is 60.7 Å². The average molecular weight is 585 g/mol. The number of anilines is 2. The molecule has 228 valence electrons. The molecule has 0 aliphatic heterocycles. The fraction of sp³-hybridized carbons (Fsp3) is 0.417. The highest BCUT2D eigenvalue weighted by molar-refractivity contribution is 6.10. The molecule has 0 aromatic heterocycles. The Morgan fingerprint density at radius 1 is 0.884 bits per heavy atom. The van der Waals surface area contributed by atoms with Gasteiger partial charge in [-0.2, -0.15) is 0 Å². The number of hydrogen-bond acceptors (Lipinski definition) is 5. The van der Waals surface area contributed by atoms with Crippen LogP contribution in [-0.4, -0.2) is 34.9 Å². The number of rotatable bonds is 9. The Bertz CT molecular complexity index is 1490. The van der Waals surface area contributed by atoms with Crippen LogP contribution >= 0.6 is 0 Å². The molecule has 4 atom stereocenters. The van der Waals surface area contributed by atoms with Gasteiger partial charge >= 0.3 is 0 Å². The van der Waals surface area contributed by atoms with Gasteiger partial charge in [-0.3, -0.25) is 14.4 Å². The number of amides is 2. The van der Waals surface area contributed by atoms with E-state index in [2.05, 4.69) is 24.5 Å². The van der Waals surface area contributed by atoms with Gasteiger partial charge in [0, 0.05) is 23.7 Å². The zero-order valence-corrected chi connectivity index (χ0v) is 26.3. The number of hydrogen-bond donors (Lipinski definition) is 3. The Balaban J connectivity index is 1.75. The lowest BCUT2D eigenvalue weighted by molar-refractivity contribution is -0.150. The lowest BCUT2D eigenvalue weighted by Gasteiger charge is -2.44. The van der Waals surface area contributed by atoms with Crippen molar-refractivity contribution in [3.8, 4) is 5.75 Å². The highest BCUT2D eigenvalue weighted by Gasteiger charge is 2.56. The summed E-state index contributed by atoms with van der Waals surface area (Å²) >= 11 is 0. The summed E-state index contributed by atoms with van der Waals surface area (Å²) in [7, 11) is 0. The second kappa shape index (κ2) is 13.1. The molecule has 0 spiro atoms. The number of aryl methyl sites for hydroxylation is 4. The molecule has 0 radical (unpaired) electrons. The van der Waals surface area contributed by atoms with E-state index < -0.39 is 41.0 Å². The summed E-state index contributed by atoms with van der Waals surface area (Å²) in [5.74, 6) is -3.40. The van der Waals surface area contributed by atoms with Gasteiger partial charge in [0.05, 0.1) is 18.1 Å². The first-order valence-corrected chi connectivity index (χ1v) is 15.0. The number of nitrogens with one attached hydrogen (secondary N) is 2. The number of aliphatic hydroxyl groups is 1. The minimum atomic E-state index is -1.69. The van der Waals surface area contributed by atoms with Crippen LogP contribution in [0, 0.1) is 45.4 Å². The molecule has 0 bridgehead atoms. The summed E-state index contributed by atoms with van der Waals surface area (Å²) in [6, 6.07) is 18.7. The van der Waals surface area contributed by atoms with Crippen LogP contribution in [0.5, 0.6) is 5.75 Å². The predicted octanol–water partition coefficient (Wildman–Crippen LogP) is 6.66. The van der Waals surface area contributed by atoms with Gasteiger partial charge in [-0.25, -0.2) is 0 Å². The second-order valence-corrected chi connectivity index (χ2v) is 12.7. The molecular weight excluding hydrogens is 540 g/mol. The molecule has 7 nitrogen and oxygen atoms in total. The maximum absolute atomic E-state index is 14.1. The van der Waals surface area contributed by atoms with Crippen molar-refractivity contribution >= 4 is 29.0 Å². The van der Waals surface area contributed by atoms with E-state index in [1.165, 1.54) is 6.92 Å². The van der Waals surface area contributed by atoms with Crippen LogP contribution in [0.2, 0.25) is 0 Å². The van der Waals surface area contributed by atoms with E-state index >= 15 is 0 Å². The molecule has 2 amide bonds. The molecule has 3 aromatic carbocycles. The first-order chi connectivity index (χ1) is 20.3. The minimum absolute atomic E-state index is 0.324. The van der Waals surface area contributed by atoms with Crippen molar-refractivity contribution < 1.29 is 24.2 Å². The highest BCUT2D eigenvalue weighted by atomic mass is 16.5. The Morgan fingerprint density at radius 2 is 1.42 bits per heavy atom. The van der Waals surface area contributed by atoms with Gasteiger partial charge < -0.3 is 20.5 Å². The summed E-state index contributed by atoms with van der Waals surface area (Å²) in [5.41, 5.74) is 3.82. The normalized spacial score (nSPS) is 21.9. The minimum Gasteiger partial charge on any atom is -0.494 e. The number of carbonyl (C=O) groups excluding carboxylic acids is 3. The Kier molecular flexibility index (Phi) is 9.75. The molecule has 3 aromatic rings. The smallest absolute Gasteiger partial charge is 0.235 e. The third kappa shape index (κ3) is 7.52. The number of ether oxygens (including phenoxy) is 1. The first kappa shape index (κ1) is 32.0. The summed E-state index contributed by atoms with van der Waals surface area (Å²) in [6.45, 7) is 14.0. The van der Waals surface area contributed by atoms with Crippen molar-refractivity contribution in [1.29, 1.82) is 0 Å². The third-order valence-electron chi connectivity index (χ3n) is 8.36.